The van der Waals surface area contributed by atoms with E-state index in [2.05, 4.69) is 4.98 Å². The molecule has 2 aromatic rings. The molecule has 0 saturated heterocycles. The van der Waals surface area contributed by atoms with Crippen molar-refractivity contribution in [2.75, 3.05) is 6.61 Å². The van der Waals surface area contributed by atoms with Gasteiger partial charge in [-0.2, -0.15) is 0 Å². The third kappa shape index (κ3) is 2.26. The third-order valence-corrected chi connectivity index (χ3v) is 4.41. The summed E-state index contributed by atoms with van der Waals surface area (Å²) in [5.41, 5.74) is 7.66. The summed E-state index contributed by atoms with van der Waals surface area (Å²) in [4.78, 5) is 17.5. The number of hydrogen-bond donors (Lipinski definition) is 2. The molecule has 3 N–H and O–H groups in total. The molecular formula is C16H21N3O2. The van der Waals surface area contributed by atoms with Crippen molar-refractivity contribution in [1.82, 2.24) is 9.55 Å². The number of aliphatic hydroxyl groups excluding tert-OH is 1. The van der Waals surface area contributed by atoms with Crippen LogP contribution in [0.25, 0.3) is 10.9 Å². The number of aryl methyl sites for hydroxylation is 1. The first-order chi connectivity index (χ1) is 10.0. The van der Waals surface area contributed by atoms with Crippen molar-refractivity contribution >= 4 is 10.9 Å². The quantitative estimate of drug-likeness (QED) is 0.899. The van der Waals surface area contributed by atoms with Crippen LogP contribution >= 0.6 is 0 Å². The third-order valence-electron chi connectivity index (χ3n) is 4.41. The highest BCUT2D eigenvalue weighted by Gasteiger charge is 2.33. The van der Waals surface area contributed by atoms with Gasteiger partial charge in [-0.15, -0.1) is 0 Å². The van der Waals surface area contributed by atoms with E-state index in [1.165, 1.54) is 0 Å². The van der Waals surface area contributed by atoms with Crippen molar-refractivity contribution in [2.45, 2.75) is 38.8 Å². The molecule has 112 valence electrons. The average molecular weight is 287 g/mol. The van der Waals surface area contributed by atoms with Gasteiger partial charge in [0.15, 0.2) is 0 Å². The Morgan fingerprint density at radius 2 is 2.19 bits per heavy atom. The number of nitrogens with zero attached hydrogens (tertiary/aromatic N) is 2. The normalized spacial score (nSPS) is 23.0. The molecule has 5 heteroatoms. The first kappa shape index (κ1) is 14.2. The summed E-state index contributed by atoms with van der Waals surface area (Å²) in [6.07, 6.45) is 1.63. The highest BCUT2D eigenvalue weighted by Crippen LogP contribution is 2.37. The van der Waals surface area contributed by atoms with E-state index in [0.717, 1.165) is 18.4 Å². The lowest BCUT2D eigenvalue weighted by atomic mass is 9.80. The van der Waals surface area contributed by atoms with Gasteiger partial charge in [-0.25, -0.2) is 4.98 Å². The highest BCUT2D eigenvalue weighted by atomic mass is 16.3. The Hall–Kier alpha value is -1.72. The number of fused-ring (bicyclic) bond motifs is 1. The van der Waals surface area contributed by atoms with Gasteiger partial charge < -0.3 is 10.8 Å². The fraction of sp³-hybridized carbons (Fsp3) is 0.500. The van der Waals surface area contributed by atoms with Gasteiger partial charge in [0.2, 0.25) is 0 Å². The van der Waals surface area contributed by atoms with E-state index >= 15 is 0 Å². The van der Waals surface area contributed by atoms with E-state index in [4.69, 9.17) is 5.73 Å². The molecule has 21 heavy (non-hydrogen) atoms. The van der Waals surface area contributed by atoms with Gasteiger partial charge in [0.25, 0.3) is 5.56 Å². The largest absolute Gasteiger partial charge is 0.396 e. The fourth-order valence-corrected chi connectivity index (χ4v) is 3.16. The maximum absolute atomic E-state index is 12.9. The molecule has 0 unspecified atom stereocenters. The smallest absolute Gasteiger partial charge is 0.261 e. The Morgan fingerprint density at radius 1 is 1.48 bits per heavy atom. The predicted octanol–water partition coefficient (Wildman–Crippen LogP) is 1.67. The van der Waals surface area contributed by atoms with Crippen molar-refractivity contribution < 1.29 is 5.11 Å². The topological polar surface area (TPSA) is 81.1 Å². The molecule has 0 amide bonds. The minimum absolute atomic E-state index is 0.00760. The number of rotatable bonds is 3. The minimum atomic E-state index is -0.296. The van der Waals surface area contributed by atoms with Crippen LogP contribution in [0.15, 0.2) is 23.0 Å². The molecule has 0 aliphatic heterocycles. The Labute approximate surface area is 123 Å². The lowest BCUT2D eigenvalue weighted by Crippen LogP contribution is -2.39. The zero-order valence-corrected chi connectivity index (χ0v) is 12.4. The molecule has 0 bridgehead atoms. The number of benzene rings is 1. The molecule has 5 nitrogen and oxygen atoms in total. The van der Waals surface area contributed by atoms with Crippen LogP contribution in [0.2, 0.25) is 0 Å². The first-order valence-electron chi connectivity index (χ1n) is 7.41. The van der Waals surface area contributed by atoms with Crippen LogP contribution in [0.4, 0.5) is 0 Å². The monoisotopic (exact) mass is 287 g/mol. The fourth-order valence-electron chi connectivity index (χ4n) is 3.16. The highest BCUT2D eigenvalue weighted by molar-refractivity contribution is 5.81. The van der Waals surface area contributed by atoms with E-state index in [0.29, 0.717) is 16.7 Å². The molecule has 3 rings (SSSR count). The number of hydrogen-bond acceptors (Lipinski definition) is 4. The summed E-state index contributed by atoms with van der Waals surface area (Å²) in [6, 6.07) is 5.50. The number of aromatic nitrogens is 2. The van der Waals surface area contributed by atoms with Crippen LogP contribution in [0.5, 0.6) is 0 Å². The SMILES string of the molecule is Cc1cccc2nc([C@H](C)N)n(C3CC(CO)C3)c(=O)c12. The van der Waals surface area contributed by atoms with Gasteiger partial charge in [0.1, 0.15) is 5.82 Å². The van der Waals surface area contributed by atoms with Gasteiger partial charge in [0.05, 0.1) is 16.9 Å². The second kappa shape index (κ2) is 5.24. The summed E-state index contributed by atoms with van der Waals surface area (Å²) < 4.78 is 1.76. The second-order valence-electron chi connectivity index (χ2n) is 6.08. The van der Waals surface area contributed by atoms with Crippen molar-refractivity contribution in [3.05, 3.63) is 39.9 Å². The molecular weight excluding hydrogens is 266 g/mol. The molecule has 1 saturated carbocycles. The van der Waals surface area contributed by atoms with Gasteiger partial charge >= 0.3 is 0 Å². The molecule has 1 fully saturated rings. The molecule has 1 aliphatic carbocycles. The van der Waals surface area contributed by atoms with Crippen LogP contribution in [-0.4, -0.2) is 21.3 Å². The Morgan fingerprint density at radius 3 is 2.81 bits per heavy atom. The van der Waals surface area contributed by atoms with E-state index in [-0.39, 0.29) is 30.2 Å². The molecule has 1 aromatic heterocycles. The summed E-state index contributed by atoms with van der Waals surface area (Å²) in [5, 5.41) is 9.86. The Bertz CT molecular complexity index is 730. The molecule has 1 atom stereocenters. The lowest BCUT2D eigenvalue weighted by Gasteiger charge is -2.37. The van der Waals surface area contributed by atoms with Crippen molar-refractivity contribution in [3.63, 3.8) is 0 Å². The Kier molecular flexibility index (Phi) is 3.55. The Balaban J connectivity index is 2.21. The summed E-state index contributed by atoms with van der Waals surface area (Å²) in [5.74, 6) is 0.926. The van der Waals surface area contributed by atoms with E-state index in [1.807, 2.05) is 32.0 Å². The first-order valence-corrected chi connectivity index (χ1v) is 7.41. The van der Waals surface area contributed by atoms with Crippen molar-refractivity contribution in [1.29, 1.82) is 0 Å². The van der Waals surface area contributed by atoms with E-state index in [9.17, 15) is 9.90 Å². The van der Waals surface area contributed by atoms with Crippen LogP contribution in [0.3, 0.4) is 0 Å². The molecule has 1 aromatic carbocycles. The van der Waals surface area contributed by atoms with Gasteiger partial charge in [-0.05, 0) is 44.2 Å². The minimum Gasteiger partial charge on any atom is -0.396 e. The molecule has 1 aliphatic rings. The van der Waals surface area contributed by atoms with Gasteiger partial charge in [0, 0.05) is 12.6 Å². The van der Waals surface area contributed by atoms with Crippen LogP contribution in [0, 0.1) is 12.8 Å². The van der Waals surface area contributed by atoms with Crippen LogP contribution in [-0.2, 0) is 0 Å². The average Bonchev–Trinajstić information content (AvgIpc) is 2.39. The zero-order chi connectivity index (χ0) is 15.1. The second-order valence-corrected chi connectivity index (χ2v) is 6.08. The van der Waals surface area contributed by atoms with Gasteiger partial charge in [-0.1, -0.05) is 12.1 Å². The zero-order valence-electron chi connectivity index (χ0n) is 12.4. The standard InChI is InChI=1S/C16H21N3O2/c1-9-4-3-5-13-14(9)16(21)19(15(18-13)10(2)17)12-6-11(7-12)8-20/h3-5,10-12,20H,6-8,17H2,1-2H3/t10-,11?,12?/m0/s1. The maximum atomic E-state index is 12.9. The predicted molar refractivity (Wildman–Crippen MR) is 82.2 cm³/mol. The summed E-state index contributed by atoms with van der Waals surface area (Å²) >= 11 is 0. The summed E-state index contributed by atoms with van der Waals surface area (Å²) in [7, 11) is 0. The van der Waals surface area contributed by atoms with Crippen LogP contribution in [0.1, 0.15) is 43.2 Å². The van der Waals surface area contributed by atoms with Gasteiger partial charge in [-0.3, -0.25) is 9.36 Å². The summed E-state index contributed by atoms with van der Waals surface area (Å²) in [6.45, 7) is 3.96. The number of aliphatic hydroxyl groups is 1. The maximum Gasteiger partial charge on any atom is 0.261 e. The van der Waals surface area contributed by atoms with E-state index in [1.54, 1.807) is 4.57 Å². The van der Waals surface area contributed by atoms with E-state index < -0.39 is 0 Å². The molecule has 1 heterocycles. The van der Waals surface area contributed by atoms with Crippen molar-refractivity contribution in [3.8, 4) is 0 Å². The lowest BCUT2D eigenvalue weighted by molar-refractivity contribution is 0.107. The van der Waals surface area contributed by atoms with Crippen molar-refractivity contribution in [2.24, 2.45) is 11.7 Å². The molecule has 0 spiro atoms. The van der Waals surface area contributed by atoms with Crippen LogP contribution < -0.4 is 11.3 Å². The number of nitrogens with two attached hydrogens (primary N) is 1. The molecule has 0 radical (unpaired) electrons.